The Balaban J connectivity index is 4.54. The number of aliphatic hydroxyl groups excluding tert-OH is 2. The standard InChI is InChI=1S/C54H95NO5/c1-4-7-10-13-16-19-22-24-25-26-27-29-31-34-37-40-43-46-52(57)51(49-56)55-53(58)48-50(45-42-39-36-33-30-21-18-15-12-9-6-3)60-54(59)47-44-41-38-35-32-28-23-20-17-14-11-8-5-2/h8-9,11-12,14-15,17-18,20-21,23,30,50-52,56-57H,4-7,10,13,16,19,22,24-29,31-49H2,1-3H3,(H,55,58)/b11-8+,12-9+,17-14+,18-15+,23-20-,30-21-. The maximum absolute atomic E-state index is 13.2. The number of rotatable bonds is 44. The molecular weight excluding hydrogens is 743 g/mol. The van der Waals surface area contributed by atoms with Gasteiger partial charge < -0.3 is 20.3 Å². The first-order valence-electron chi connectivity index (χ1n) is 25.2. The van der Waals surface area contributed by atoms with E-state index in [1.807, 2.05) is 12.2 Å². The minimum Gasteiger partial charge on any atom is -0.462 e. The molecule has 0 aliphatic carbocycles. The zero-order valence-electron chi connectivity index (χ0n) is 39.3. The summed E-state index contributed by atoms with van der Waals surface area (Å²) in [4.78, 5) is 26.1. The third kappa shape index (κ3) is 42.0. The fourth-order valence-electron chi connectivity index (χ4n) is 7.37. The third-order valence-corrected chi connectivity index (χ3v) is 11.2. The fraction of sp³-hybridized carbons (Fsp3) is 0.741. The van der Waals surface area contributed by atoms with Crippen LogP contribution in [0, 0.1) is 0 Å². The van der Waals surface area contributed by atoms with E-state index in [9.17, 15) is 19.8 Å². The van der Waals surface area contributed by atoms with Gasteiger partial charge in [-0.3, -0.25) is 9.59 Å². The average molecular weight is 838 g/mol. The van der Waals surface area contributed by atoms with E-state index in [2.05, 4.69) is 86.8 Å². The van der Waals surface area contributed by atoms with Crippen LogP contribution < -0.4 is 5.32 Å². The lowest BCUT2D eigenvalue weighted by atomic mass is 10.0. The number of hydrogen-bond acceptors (Lipinski definition) is 5. The van der Waals surface area contributed by atoms with E-state index >= 15 is 0 Å². The maximum atomic E-state index is 13.2. The van der Waals surface area contributed by atoms with Crippen molar-refractivity contribution in [3.8, 4) is 0 Å². The van der Waals surface area contributed by atoms with E-state index in [1.54, 1.807) is 0 Å². The molecule has 0 aliphatic heterocycles. The zero-order chi connectivity index (χ0) is 43.8. The van der Waals surface area contributed by atoms with Crippen LogP contribution >= 0.6 is 0 Å². The summed E-state index contributed by atoms with van der Waals surface area (Å²) in [5.41, 5.74) is 0. The van der Waals surface area contributed by atoms with Gasteiger partial charge >= 0.3 is 5.97 Å². The minimum absolute atomic E-state index is 0.0433. The van der Waals surface area contributed by atoms with E-state index in [0.717, 1.165) is 96.3 Å². The highest BCUT2D eigenvalue weighted by Gasteiger charge is 2.24. The summed E-state index contributed by atoms with van der Waals surface area (Å²) in [6.45, 7) is 6.20. The van der Waals surface area contributed by atoms with Crippen LogP contribution in [-0.2, 0) is 14.3 Å². The molecule has 6 nitrogen and oxygen atoms in total. The molecule has 0 spiro atoms. The van der Waals surface area contributed by atoms with Crippen LogP contribution in [-0.4, -0.2) is 46.9 Å². The Labute approximate surface area is 371 Å². The highest BCUT2D eigenvalue weighted by atomic mass is 16.5. The molecule has 0 aromatic rings. The lowest BCUT2D eigenvalue weighted by molar-refractivity contribution is -0.151. The summed E-state index contributed by atoms with van der Waals surface area (Å²) in [7, 11) is 0. The Bertz CT molecular complexity index is 1120. The van der Waals surface area contributed by atoms with E-state index in [-0.39, 0.29) is 24.9 Å². The SMILES string of the molecule is CC/C=C/C=C/C=C\CCCCCCCC(=O)OC(CCCCC\C=C/C=C/C=C/CC)CC(=O)NC(CO)C(O)CCCCCCCCCCCCCCCCCCC. The van der Waals surface area contributed by atoms with Crippen molar-refractivity contribution in [3.05, 3.63) is 72.9 Å². The van der Waals surface area contributed by atoms with Crippen molar-refractivity contribution in [2.75, 3.05) is 6.61 Å². The van der Waals surface area contributed by atoms with Gasteiger partial charge in [0.25, 0.3) is 0 Å². The molecule has 0 heterocycles. The number of hydrogen-bond donors (Lipinski definition) is 3. The van der Waals surface area contributed by atoms with E-state index in [4.69, 9.17) is 4.74 Å². The molecule has 3 unspecified atom stereocenters. The fourth-order valence-corrected chi connectivity index (χ4v) is 7.37. The molecule has 0 radical (unpaired) electrons. The van der Waals surface area contributed by atoms with E-state index in [1.165, 1.54) is 89.9 Å². The highest BCUT2D eigenvalue weighted by Crippen LogP contribution is 2.17. The van der Waals surface area contributed by atoms with Crippen molar-refractivity contribution in [3.63, 3.8) is 0 Å². The number of ether oxygens (including phenoxy) is 1. The first-order valence-corrected chi connectivity index (χ1v) is 25.2. The molecule has 60 heavy (non-hydrogen) atoms. The summed E-state index contributed by atoms with van der Waals surface area (Å²) < 4.78 is 5.89. The van der Waals surface area contributed by atoms with Crippen LogP contribution in [0.3, 0.4) is 0 Å². The number of carbonyl (C=O) groups excluding carboxylic acids is 2. The molecule has 0 bridgehead atoms. The molecule has 346 valence electrons. The lowest BCUT2D eigenvalue weighted by Crippen LogP contribution is -2.46. The van der Waals surface area contributed by atoms with Crippen molar-refractivity contribution in [1.82, 2.24) is 5.32 Å². The Morgan fingerprint density at radius 3 is 1.37 bits per heavy atom. The number of aliphatic hydroxyl groups is 2. The quantitative estimate of drug-likeness (QED) is 0.0323. The van der Waals surface area contributed by atoms with Crippen molar-refractivity contribution in [1.29, 1.82) is 0 Å². The normalized spacial score (nSPS) is 13.9. The van der Waals surface area contributed by atoms with Gasteiger partial charge in [-0.05, 0) is 64.2 Å². The predicted molar refractivity (Wildman–Crippen MR) is 259 cm³/mol. The van der Waals surface area contributed by atoms with Gasteiger partial charge in [-0.2, -0.15) is 0 Å². The number of carbonyl (C=O) groups is 2. The van der Waals surface area contributed by atoms with Gasteiger partial charge in [0.2, 0.25) is 5.91 Å². The lowest BCUT2D eigenvalue weighted by Gasteiger charge is -2.24. The number of amides is 1. The molecule has 0 rings (SSSR count). The van der Waals surface area contributed by atoms with Gasteiger partial charge in [0.15, 0.2) is 0 Å². The van der Waals surface area contributed by atoms with Gasteiger partial charge in [0.1, 0.15) is 6.10 Å². The smallest absolute Gasteiger partial charge is 0.306 e. The summed E-state index contributed by atoms with van der Waals surface area (Å²) in [5, 5.41) is 23.8. The van der Waals surface area contributed by atoms with E-state index < -0.39 is 18.2 Å². The topological polar surface area (TPSA) is 95.9 Å². The molecular formula is C54H95NO5. The van der Waals surface area contributed by atoms with Gasteiger partial charge in [0.05, 0.1) is 25.2 Å². The maximum Gasteiger partial charge on any atom is 0.306 e. The molecule has 6 heteroatoms. The Kier molecular flexibility index (Phi) is 45.2. The molecule has 0 aliphatic rings. The second kappa shape index (κ2) is 47.4. The number of nitrogens with one attached hydrogen (secondary N) is 1. The van der Waals surface area contributed by atoms with Gasteiger partial charge in [0, 0.05) is 6.42 Å². The summed E-state index contributed by atoms with van der Waals surface area (Å²) >= 11 is 0. The number of esters is 1. The first-order chi connectivity index (χ1) is 29.5. The Hall–Kier alpha value is -2.70. The van der Waals surface area contributed by atoms with Gasteiger partial charge in [-0.1, -0.05) is 229 Å². The van der Waals surface area contributed by atoms with Crippen LogP contribution in [0.5, 0.6) is 0 Å². The monoisotopic (exact) mass is 838 g/mol. The minimum atomic E-state index is -0.803. The van der Waals surface area contributed by atoms with Gasteiger partial charge in [-0.25, -0.2) is 0 Å². The van der Waals surface area contributed by atoms with E-state index in [0.29, 0.717) is 19.3 Å². The number of allylic oxidation sites excluding steroid dienone is 12. The molecule has 0 aromatic carbocycles. The Morgan fingerprint density at radius 1 is 0.500 bits per heavy atom. The number of unbranched alkanes of at least 4 members (excludes halogenated alkanes) is 24. The predicted octanol–water partition coefficient (Wildman–Crippen LogP) is 15.0. The molecule has 1 amide bonds. The molecule has 0 saturated heterocycles. The molecule has 0 saturated carbocycles. The summed E-state index contributed by atoms with van der Waals surface area (Å²) in [6.07, 6.45) is 59.7. The second-order valence-corrected chi connectivity index (χ2v) is 16.9. The highest BCUT2D eigenvalue weighted by molar-refractivity contribution is 5.77. The molecule has 0 fully saturated rings. The summed E-state index contributed by atoms with van der Waals surface area (Å²) in [5.74, 6) is -0.536. The summed E-state index contributed by atoms with van der Waals surface area (Å²) in [6, 6.07) is -0.719. The van der Waals surface area contributed by atoms with Crippen molar-refractivity contribution in [2.24, 2.45) is 0 Å². The molecule has 3 N–H and O–H groups in total. The van der Waals surface area contributed by atoms with Crippen molar-refractivity contribution < 1.29 is 24.5 Å². The van der Waals surface area contributed by atoms with Crippen LogP contribution in [0.15, 0.2) is 72.9 Å². The second-order valence-electron chi connectivity index (χ2n) is 16.9. The van der Waals surface area contributed by atoms with Crippen LogP contribution in [0.25, 0.3) is 0 Å². The average Bonchev–Trinajstić information content (AvgIpc) is 3.24. The molecule has 3 atom stereocenters. The largest absolute Gasteiger partial charge is 0.462 e. The van der Waals surface area contributed by atoms with Crippen molar-refractivity contribution in [2.45, 2.75) is 251 Å². The molecule has 0 aromatic heterocycles. The zero-order valence-corrected chi connectivity index (χ0v) is 39.3. The first kappa shape index (κ1) is 57.3. The third-order valence-electron chi connectivity index (χ3n) is 11.2. The van der Waals surface area contributed by atoms with Crippen molar-refractivity contribution >= 4 is 11.9 Å². The van der Waals surface area contributed by atoms with Crippen LogP contribution in [0.1, 0.15) is 233 Å². The van der Waals surface area contributed by atoms with Gasteiger partial charge in [-0.15, -0.1) is 0 Å². The Morgan fingerprint density at radius 2 is 0.900 bits per heavy atom. The van der Waals surface area contributed by atoms with Crippen LogP contribution in [0.2, 0.25) is 0 Å². The van der Waals surface area contributed by atoms with Crippen LogP contribution in [0.4, 0.5) is 0 Å².